The van der Waals surface area contributed by atoms with E-state index in [0.29, 0.717) is 5.56 Å². The van der Waals surface area contributed by atoms with Gasteiger partial charge in [0.1, 0.15) is 6.17 Å². The maximum atomic E-state index is 12.4. The molecule has 3 heteroatoms. The van der Waals surface area contributed by atoms with Gasteiger partial charge in [-0.3, -0.25) is 4.79 Å². The summed E-state index contributed by atoms with van der Waals surface area (Å²) in [5.41, 5.74) is 0.558. The molecule has 0 aromatic heterocycles. The standard InChI is InChI=1S/C10H12FNO/c1-8(11)7-12-10(13)9-5-3-2-4-6-9/h2-6,8H,7H2,1H3,(H,12,13). The third-order valence-electron chi connectivity index (χ3n) is 1.58. The number of rotatable bonds is 3. The van der Waals surface area contributed by atoms with Crippen LogP contribution < -0.4 is 5.32 Å². The Kier molecular flexibility index (Phi) is 3.43. The Morgan fingerprint density at radius 1 is 1.46 bits per heavy atom. The molecule has 70 valence electrons. The van der Waals surface area contributed by atoms with Crippen molar-refractivity contribution in [3.63, 3.8) is 0 Å². The van der Waals surface area contributed by atoms with Gasteiger partial charge in [0, 0.05) is 12.1 Å². The molecule has 0 bridgehead atoms. The van der Waals surface area contributed by atoms with Crippen molar-refractivity contribution in [1.29, 1.82) is 0 Å². The molecule has 1 amide bonds. The molecule has 1 unspecified atom stereocenters. The first-order chi connectivity index (χ1) is 6.20. The van der Waals surface area contributed by atoms with E-state index in [4.69, 9.17) is 0 Å². The van der Waals surface area contributed by atoms with Crippen LogP contribution in [0.5, 0.6) is 0 Å². The highest BCUT2D eigenvalue weighted by atomic mass is 19.1. The molecule has 2 nitrogen and oxygen atoms in total. The van der Waals surface area contributed by atoms with E-state index < -0.39 is 6.17 Å². The van der Waals surface area contributed by atoms with E-state index in [9.17, 15) is 9.18 Å². The SMILES string of the molecule is CC(F)CNC(=O)c1ccccc1. The van der Waals surface area contributed by atoms with Crippen LogP contribution in [0.4, 0.5) is 4.39 Å². The summed E-state index contributed by atoms with van der Waals surface area (Å²) in [7, 11) is 0. The maximum Gasteiger partial charge on any atom is 0.251 e. The number of benzene rings is 1. The topological polar surface area (TPSA) is 29.1 Å². The Labute approximate surface area is 76.8 Å². The Balaban J connectivity index is 2.50. The fourth-order valence-corrected chi connectivity index (χ4v) is 0.925. The van der Waals surface area contributed by atoms with Crippen LogP contribution in [0.3, 0.4) is 0 Å². The van der Waals surface area contributed by atoms with Crippen LogP contribution >= 0.6 is 0 Å². The number of carbonyl (C=O) groups excluding carboxylic acids is 1. The average molecular weight is 181 g/mol. The second kappa shape index (κ2) is 4.60. The monoisotopic (exact) mass is 181 g/mol. The zero-order valence-electron chi connectivity index (χ0n) is 7.46. The Morgan fingerprint density at radius 3 is 2.62 bits per heavy atom. The molecule has 0 spiro atoms. The molecule has 0 aliphatic carbocycles. The fraction of sp³-hybridized carbons (Fsp3) is 0.300. The van der Waals surface area contributed by atoms with Crippen molar-refractivity contribution < 1.29 is 9.18 Å². The van der Waals surface area contributed by atoms with Gasteiger partial charge in [0.25, 0.3) is 5.91 Å². The van der Waals surface area contributed by atoms with E-state index >= 15 is 0 Å². The predicted molar refractivity (Wildman–Crippen MR) is 49.3 cm³/mol. The first-order valence-electron chi connectivity index (χ1n) is 4.17. The summed E-state index contributed by atoms with van der Waals surface area (Å²) in [4.78, 5) is 11.3. The van der Waals surface area contributed by atoms with Crippen molar-refractivity contribution in [2.45, 2.75) is 13.1 Å². The first kappa shape index (κ1) is 9.71. The highest BCUT2D eigenvalue weighted by Crippen LogP contribution is 1.97. The second-order valence-electron chi connectivity index (χ2n) is 2.86. The molecule has 0 heterocycles. The quantitative estimate of drug-likeness (QED) is 0.756. The Bertz CT molecular complexity index is 272. The molecule has 0 aliphatic rings. The molecule has 1 aromatic rings. The molecule has 0 radical (unpaired) electrons. The predicted octanol–water partition coefficient (Wildman–Crippen LogP) is 1.77. The number of halogens is 1. The molecule has 1 rings (SSSR count). The van der Waals surface area contributed by atoms with Gasteiger partial charge in [-0.25, -0.2) is 4.39 Å². The van der Waals surface area contributed by atoms with Gasteiger partial charge < -0.3 is 5.32 Å². The summed E-state index contributed by atoms with van der Waals surface area (Å²) in [6.07, 6.45) is -1.01. The van der Waals surface area contributed by atoms with Crippen molar-refractivity contribution in [2.24, 2.45) is 0 Å². The van der Waals surface area contributed by atoms with E-state index in [1.807, 2.05) is 6.07 Å². The third kappa shape index (κ3) is 3.23. The van der Waals surface area contributed by atoms with Gasteiger partial charge in [-0.2, -0.15) is 0 Å². The van der Waals surface area contributed by atoms with Gasteiger partial charge in [0.05, 0.1) is 0 Å². The van der Waals surface area contributed by atoms with Crippen LogP contribution in [0.1, 0.15) is 17.3 Å². The van der Waals surface area contributed by atoms with E-state index in [-0.39, 0.29) is 12.5 Å². The normalized spacial score (nSPS) is 12.2. The van der Waals surface area contributed by atoms with Crippen molar-refractivity contribution in [3.8, 4) is 0 Å². The molecule has 1 atom stereocenters. The number of nitrogens with one attached hydrogen (secondary N) is 1. The van der Waals surface area contributed by atoms with E-state index in [2.05, 4.69) is 5.32 Å². The molecule has 0 saturated heterocycles. The molecule has 0 saturated carbocycles. The molecular formula is C10H12FNO. The molecular weight excluding hydrogens is 169 g/mol. The van der Waals surface area contributed by atoms with Gasteiger partial charge >= 0.3 is 0 Å². The molecule has 0 fully saturated rings. The minimum atomic E-state index is -1.01. The minimum absolute atomic E-state index is 0.0632. The van der Waals surface area contributed by atoms with Crippen LogP contribution in [0, 0.1) is 0 Å². The Hall–Kier alpha value is -1.38. The lowest BCUT2D eigenvalue weighted by molar-refractivity contribution is 0.0943. The molecule has 1 N–H and O–H groups in total. The number of carbonyl (C=O) groups is 1. The van der Waals surface area contributed by atoms with Crippen molar-refractivity contribution in [1.82, 2.24) is 5.32 Å². The highest BCUT2D eigenvalue weighted by molar-refractivity contribution is 5.94. The Morgan fingerprint density at radius 2 is 2.08 bits per heavy atom. The smallest absolute Gasteiger partial charge is 0.251 e. The average Bonchev–Trinajstić information content (AvgIpc) is 2.15. The summed E-state index contributed by atoms with van der Waals surface area (Å²) in [5, 5.41) is 2.48. The van der Waals surface area contributed by atoms with Crippen LogP contribution in [0.25, 0.3) is 0 Å². The lowest BCUT2D eigenvalue weighted by atomic mass is 10.2. The summed E-state index contributed by atoms with van der Waals surface area (Å²) in [5.74, 6) is -0.231. The lowest BCUT2D eigenvalue weighted by Gasteiger charge is -2.04. The highest BCUT2D eigenvalue weighted by Gasteiger charge is 2.05. The minimum Gasteiger partial charge on any atom is -0.349 e. The van der Waals surface area contributed by atoms with Gasteiger partial charge in [-0.05, 0) is 19.1 Å². The maximum absolute atomic E-state index is 12.4. The molecule has 13 heavy (non-hydrogen) atoms. The van der Waals surface area contributed by atoms with E-state index in [1.54, 1.807) is 24.3 Å². The largest absolute Gasteiger partial charge is 0.349 e. The number of amides is 1. The fourth-order valence-electron chi connectivity index (χ4n) is 0.925. The second-order valence-corrected chi connectivity index (χ2v) is 2.86. The summed E-state index contributed by atoms with van der Waals surface area (Å²) >= 11 is 0. The summed E-state index contributed by atoms with van der Waals surface area (Å²) in [6.45, 7) is 1.47. The van der Waals surface area contributed by atoms with E-state index in [0.717, 1.165) is 0 Å². The molecule has 0 aliphatic heterocycles. The third-order valence-corrected chi connectivity index (χ3v) is 1.58. The summed E-state index contributed by atoms with van der Waals surface area (Å²) < 4.78 is 12.4. The van der Waals surface area contributed by atoms with Crippen LogP contribution in [0.15, 0.2) is 30.3 Å². The lowest BCUT2D eigenvalue weighted by Crippen LogP contribution is -2.28. The van der Waals surface area contributed by atoms with Crippen LogP contribution in [0.2, 0.25) is 0 Å². The summed E-state index contributed by atoms with van der Waals surface area (Å²) in [6, 6.07) is 8.76. The van der Waals surface area contributed by atoms with E-state index in [1.165, 1.54) is 6.92 Å². The van der Waals surface area contributed by atoms with Crippen molar-refractivity contribution >= 4 is 5.91 Å². The zero-order chi connectivity index (χ0) is 9.68. The van der Waals surface area contributed by atoms with Crippen molar-refractivity contribution in [2.75, 3.05) is 6.54 Å². The molecule has 1 aromatic carbocycles. The van der Waals surface area contributed by atoms with Gasteiger partial charge in [0.15, 0.2) is 0 Å². The number of hydrogen-bond acceptors (Lipinski definition) is 1. The van der Waals surface area contributed by atoms with Crippen LogP contribution in [-0.2, 0) is 0 Å². The number of alkyl halides is 1. The van der Waals surface area contributed by atoms with Crippen LogP contribution in [-0.4, -0.2) is 18.6 Å². The van der Waals surface area contributed by atoms with Crippen molar-refractivity contribution in [3.05, 3.63) is 35.9 Å². The van der Waals surface area contributed by atoms with Gasteiger partial charge in [0.2, 0.25) is 0 Å². The first-order valence-corrected chi connectivity index (χ1v) is 4.17. The number of hydrogen-bond donors (Lipinski definition) is 1. The van der Waals surface area contributed by atoms with Gasteiger partial charge in [-0.15, -0.1) is 0 Å². The van der Waals surface area contributed by atoms with Gasteiger partial charge in [-0.1, -0.05) is 18.2 Å². The zero-order valence-corrected chi connectivity index (χ0v) is 7.46.